The Morgan fingerprint density at radius 3 is 2.21 bits per heavy atom. The van der Waals surface area contributed by atoms with Crippen LogP contribution in [0.15, 0.2) is 27.4 Å². The Bertz CT molecular complexity index is 1390. The molecule has 2 saturated heterocycles. The Morgan fingerprint density at radius 1 is 0.907 bits per heavy atom. The van der Waals surface area contributed by atoms with Crippen molar-refractivity contribution in [3.63, 3.8) is 0 Å². The number of ether oxygens (including phenoxy) is 5. The molecule has 238 valence electrons. The molecule has 0 spiro atoms. The zero-order valence-electron chi connectivity index (χ0n) is 22.8. The summed E-state index contributed by atoms with van der Waals surface area (Å²) in [6, 6.07) is 2.44. The minimum atomic E-state index is -1.85. The van der Waals surface area contributed by atoms with Crippen molar-refractivity contribution in [1.82, 2.24) is 0 Å². The minimum Gasteiger partial charge on any atom is -0.507 e. The largest absolute Gasteiger partial charge is 0.507 e. The lowest BCUT2D eigenvalue weighted by Gasteiger charge is -2.43. The van der Waals surface area contributed by atoms with Gasteiger partial charge in [0.1, 0.15) is 83.7 Å². The summed E-state index contributed by atoms with van der Waals surface area (Å²) in [6.45, 7) is -0.654. The predicted octanol–water partition coefficient (Wildman–Crippen LogP) is -3.42. The van der Waals surface area contributed by atoms with Gasteiger partial charge in [-0.2, -0.15) is 0 Å². The van der Waals surface area contributed by atoms with Crippen molar-refractivity contribution in [3.05, 3.63) is 39.8 Å². The summed E-state index contributed by atoms with van der Waals surface area (Å²) >= 11 is 0. The van der Waals surface area contributed by atoms with Gasteiger partial charge in [-0.1, -0.05) is 0 Å². The Hall–Kier alpha value is -2.71. The van der Waals surface area contributed by atoms with E-state index < -0.39 is 98.9 Å². The van der Waals surface area contributed by atoms with Crippen LogP contribution >= 0.6 is 0 Å². The van der Waals surface area contributed by atoms with Crippen LogP contribution in [0.1, 0.15) is 11.3 Å². The van der Waals surface area contributed by atoms with Gasteiger partial charge < -0.3 is 74.1 Å². The highest BCUT2D eigenvalue weighted by Crippen LogP contribution is 2.37. The van der Waals surface area contributed by atoms with E-state index in [9.17, 15) is 50.8 Å². The molecule has 16 nitrogen and oxygen atoms in total. The Morgan fingerprint density at radius 2 is 1.53 bits per heavy atom. The van der Waals surface area contributed by atoms with E-state index >= 15 is 0 Å². The summed E-state index contributed by atoms with van der Waals surface area (Å²) in [6.07, 6.45) is -13.3. The van der Waals surface area contributed by atoms with Crippen LogP contribution in [0.25, 0.3) is 17.0 Å². The van der Waals surface area contributed by atoms with Crippen molar-refractivity contribution < 1.29 is 74.1 Å². The number of hydrogen-bond acceptors (Lipinski definition) is 16. The van der Waals surface area contributed by atoms with Crippen molar-refractivity contribution in [2.75, 3.05) is 26.4 Å². The first-order valence-electron chi connectivity index (χ1n) is 13.4. The molecule has 3 aliphatic rings. The van der Waals surface area contributed by atoms with Crippen LogP contribution in [0.4, 0.5) is 0 Å². The molecule has 43 heavy (non-hydrogen) atoms. The van der Waals surface area contributed by atoms with Crippen molar-refractivity contribution in [1.29, 1.82) is 0 Å². The van der Waals surface area contributed by atoms with Gasteiger partial charge in [-0.3, -0.25) is 4.79 Å². The third kappa shape index (κ3) is 6.15. The third-order valence-corrected chi connectivity index (χ3v) is 7.58. The highest BCUT2D eigenvalue weighted by atomic mass is 16.7. The monoisotopic (exact) mass is 614 g/mol. The lowest BCUT2D eigenvalue weighted by atomic mass is 9.98. The SMILES string of the molecule is Cc1cc(=O)c2c(O)cc3c(c2o1)C=CC(O)(COC1OC(COC2OC(CO)C(O)C(O)C2O)C(O)C(O)C1O)CO3. The van der Waals surface area contributed by atoms with Crippen molar-refractivity contribution in [3.8, 4) is 11.5 Å². The maximum Gasteiger partial charge on any atom is 0.196 e. The maximum absolute atomic E-state index is 12.4. The number of aryl methyl sites for hydroxylation is 1. The Kier molecular flexibility index (Phi) is 9.11. The van der Waals surface area contributed by atoms with E-state index in [4.69, 9.17) is 28.1 Å². The molecule has 11 atom stereocenters. The van der Waals surface area contributed by atoms with Crippen LogP contribution in [0.3, 0.4) is 0 Å². The van der Waals surface area contributed by atoms with E-state index in [1.807, 2.05) is 0 Å². The number of phenolic OH excluding ortho intramolecular Hbond substituents is 1. The van der Waals surface area contributed by atoms with Crippen LogP contribution in [0, 0.1) is 6.92 Å². The number of rotatable bonds is 7. The number of aliphatic hydroxyl groups is 8. The molecule has 11 unspecified atom stereocenters. The van der Waals surface area contributed by atoms with Gasteiger partial charge in [-0.25, -0.2) is 0 Å². The highest BCUT2D eigenvalue weighted by Gasteiger charge is 2.48. The molecular formula is C27H34O16. The first-order chi connectivity index (χ1) is 20.3. The summed E-state index contributed by atoms with van der Waals surface area (Å²) < 4.78 is 33.1. The molecule has 0 amide bonds. The average molecular weight is 615 g/mol. The Balaban J connectivity index is 1.27. The predicted molar refractivity (Wildman–Crippen MR) is 141 cm³/mol. The zero-order chi connectivity index (χ0) is 31.2. The second-order valence-electron chi connectivity index (χ2n) is 10.8. The summed E-state index contributed by atoms with van der Waals surface area (Å²) in [4.78, 5) is 12.4. The molecule has 5 rings (SSSR count). The van der Waals surface area contributed by atoms with Crippen LogP contribution < -0.4 is 10.2 Å². The van der Waals surface area contributed by atoms with Gasteiger partial charge in [0.2, 0.25) is 0 Å². The molecule has 2 fully saturated rings. The van der Waals surface area contributed by atoms with E-state index in [0.29, 0.717) is 0 Å². The van der Waals surface area contributed by atoms with Crippen LogP contribution in [-0.4, -0.2) is 139 Å². The lowest BCUT2D eigenvalue weighted by molar-refractivity contribution is -0.333. The van der Waals surface area contributed by atoms with E-state index in [-0.39, 0.29) is 33.8 Å². The van der Waals surface area contributed by atoms with E-state index in [0.717, 1.165) is 0 Å². The van der Waals surface area contributed by atoms with Gasteiger partial charge in [0.25, 0.3) is 0 Å². The first-order valence-corrected chi connectivity index (χ1v) is 13.4. The van der Waals surface area contributed by atoms with Crippen molar-refractivity contribution in [2.45, 2.75) is 73.9 Å². The highest BCUT2D eigenvalue weighted by molar-refractivity contribution is 5.93. The number of aromatic hydroxyl groups is 1. The lowest BCUT2D eigenvalue weighted by Crippen LogP contribution is -2.62. The fourth-order valence-corrected chi connectivity index (χ4v) is 5.10. The van der Waals surface area contributed by atoms with Crippen LogP contribution in [0.2, 0.25) is 0 Å². The second kappa shape index (κ2) is 12.4. The molecule has 0 aliphatic carbocycles. The molecule has 1 aromatic heterocycles. The number of phenols is 1. The second-order valence-corrected chi connectivity index (χ2v) is 10.8. The standard InChI is InChI=1S/C27H34O16/c1-10-4-12(29)17-13(30)5-14-11(24(17)41-10)2-3-27(37,8-39-14)9-40-26-23(36)21(34)19(32)16(43-26)7-38-25-22(35)20(33)18(31)15(6-28)42-25/h2-5,15-16,18-23,25-26,28,30-37H,6-9H2,1H3. The molecule has 0 bridgehead atoms. The van der Waals surface area contributed by atoms with E-state index in [1.54, 1.807) is 6.92 Å². The summed E-state index contributed by atoms with van der Waals surface area (Å²) in [7, 11) is 0. The molecular weight excluding hydrogens is 580 g/mol. The maximum atomic E-state index is 12.4. The van der Waals surface area contributed by atoms with Gasteiger partial charge in [0, 0.05) is 12.1 Å². The fourth-order valence-electron chi connectivity index (χ4n) is 5.10. The quantitative estimate of drug-likeness (QED) is 0.147. The van der Waals surface area contributed by atoms with Crippen LogP contribution in [-0.2, 0) is 18.9 Å². The minimum absolute atomic E-state index is 0.0480. The van der Waals surface area contributed by atoms with Gasteiger partial charge in [0.15, 0.2) is 23.6 Å². The van der Waals surface area contributed by atoms with Crippen molar-refractivity contribution >= 4 is 17.0 Å². The number of benzene rings is 1. The first kappa shape index (κ1) is 31.7. The molecule has 0 saturated carbocycles. The number of hydrogen-bond donors (Lipinski definition) is 9. The molecule has 2 aromatic rings. The summed E-state index contributed by atoms with van der Waals surface area (Å²) in [5.41, 5.74) is -1.99. The van der Waals surface area contributed by atoms with E-state index in [2.05, 4.69) is 0 Å². The van der Waals surface area contributed by atoms with Gasteiger partial charge in [-0.15, -0.1) is 0 Å². The number of aliphatic hydroxyl groups excluding tert-OH is 7. The van der Waals surface area contributed by atoms with Gasteiger partial charge in [-0.05, 0) is 19.1 Å². The van der Waals surface area contributed by atoms with Crippen LogP contribution in [0.5, 0.6) is 11.5 Å². The molecule has 1 aromatic carbocycles. The zero-order valence-corrected chi connectivity index (χ0v) is 22.8. The van der Waals surface area contributed by atoms with E-state index in [1.165, 1.54) is 24.3 Å². The molecule has 0 radical (unpaired) electrons. The normalized spacial score (nSPS) is 38.0. The molecule has 9 N–H and O–H groups in total. The summed E-state index contributed by atoms with van der Waals surface area (Å²) in [5, 5.41) is 92.2. The van der Waals surface area contributed by atoms with Gasteiger partial charge in [0.05, 0.1) is 25.4 Å². The molecule has 16 heteroatoms. The van der Waals surface area contributed by atoms with Gasteiger partial charge >= 0.3 is 0 Å². The smallest absolute Gasteiger partial charge is 0.196 e. The fraction of sp³-hybridized carbons (Fsp3) is 0.593. The molecule has 4 heterocycles. The van der Waals surface area contributed by atoms with Crippen molar-refractivity contribution in [2.24, 2.45) is 0 Å². The number of fused-ring (bicyclic) bond motifs is 3. The topological polar surface area (TPSA) is 258 Å². The third-order valence-electron chi connectivity index (χ3n) is 7.58. The molecule has 3 aliphatic heterocycles. The average Bonchev–Trinajstić information content (AvgIpc) is 3.13. The summed E-state index contributed by atoms with van der Waals surface area (Å²) in [5.74, 6) is 0.0282. The Labute approximate surface area is 243 Å².